The van der Waals surface area contributed by atoms with Crippen molar-refractivity contribution >= 4 is 5.97 Å². The molecular formula is C6H8FN3O2. The fraction of sp³-hybridized carbons (Fsp3) is 0.500. The van der Waals surface area contributed by atoms with Crippen LogP contribution in [0.3, 0.4) is 0 Å². The number of nitrogens with zero attached hydrogens (tertiary/aromatic N) is 3. The Labute approximate surface area is 68.1 Å². The zero-order valence-electron chi connectivity index (χ0n) is 6.53. The SMILES string of the molecule is COC(=O)c1cnnn1CCF. The number of aryl methyl sites for hydroxylation is 1. The summed E-state index contributed by atoms with van der Waals surface area (Å²) in [6.07, 6.45) is 1.24. The van der Waals surface area contributed by atoms with Crippen molar-refractivity contribution in [3.8, 4) is 0 Å². The second-order valence-electron chi connectivity index (χ2n) is 2.02. The van der Waals surface area contributed by atoms with Gasteiger partial charge in [0.15, 0.2) is 5.69 Å². The Kier molecular flexibility index (Phi) is 2.73. The van der Waals surface area contributed by atoms with Gasteiger partial charge in [-0.3, -0.25) is 0 Å². The number of carbonyl (C=O) groups is 1. The van der Waals surface area contributed by atoms with Gasteiger partial charge in [0, 0.05) is 0 Å². The van der Waals surface area contributed by atoms with Crippen LogP contribution in [-0.4, -0.2) is 34.7 Å². The van der Waals surface area contributed by atoms with Gasteiger partial charge in [-0.25, -0.2) is 13.9 Å². The van der Waals surface area contributed by atoms with Crippen LogP contribution >= 0.6 is 0 Å². The number of esters is 1. The molecule has 1 heterocycles. The summed E-state index contributed by atoms with van der Waals surface area (Å²) in [7, 11) is 1.25. The van der Waals surface area contributed by atoms with Gasteiger partial charge in [0.25, 0.3) is 0 Å². The second kappa shape index (κ2) is 3.80. The molecule has 0 aliphatic rings. The zero-order valence-corrected chi connectivity index (χ0v) is 6.53. The lowest BCUT2D eigenvalue weighted by atomic mass is 10.5. The first-order chi connectivity index (χ1) is 5.79. The lowest BCUT2D eigenvalue weighted by Gasteiger charge is -1.99. The molecule has 0 aliphatic heterocycles. The molecule has 0 aliphatic carbocycles. The summed E-state index contributed by atoms with van der Waals surface area (Å²) in [6, 6.07) is 0. The number of methoxy groups -OCH3 is 1. The predicted octanol–water partition coefficient (Wildman–Crippen LogP) is 0.0342. The van der Waals surface area contributed by atoms with Crippen LogP contribution in [0.15, 0.2) is 6.20 Å². The van der Waals surface area contributed by atoms with Crippen molar-refractivity contribution in [2.45, 2.75) is 6.54 Å². The van der Waals surface area contributed by atoms with Gasteiger partial charge >= 0.3 is 5.97 Å². The molecule has 0 fully saturated rings. The Morgan fingerprint density at radius 1 is 1.83 bits per heavy atom. The second-order valence-corrected chi connectivity index (χ2v) is 2.02. The molecule has 0 amide bonds. The largest absolute Gasteiger partial charge is 0.464 e. The van der Waals surface area contributed by atoms with E-state index in [1.165, 1.54) is 13.3 Å². The maximum Gasteiger partial charge on any atom is 0.358 e. The van der Waals surface area contributed by atoms with E-state index in [1.54, 1.807) is 0 Å². The summed E-state index contributed by atoms with van der Waals surface area (Å²) in [5, 5.41) is 6.96. The van der Waals surface area contributed by atoms with Crippen molar-refractivity contribution in [3.63, 3.8) is 0 Å². The van der Waals surface area contributed by atoms with E-state index in [-0.39, 0.29) is 12.2 Å². The molecule has 1 aromatic heterocycles. The summed E-state index contributed by atoms with van der Waals surface area (Å²) < 4.78 is 17.4. The van der Waals surface area contributed by atoms with Crippen molar-refractivity contribution in [2.75, 3.05) is 13.8 Å². The molecule has 0 atom stereocenters. The van der Waals surface area contributed by atoms with Gasteiger partial charge in [0.05, 0.1) is 19.9 Å². The summed E-state index contributed by atoms with van der Waals surface area (Å²) in [6.45, 7) is -0.572. The van der Waals surface area contributed by atoms with Crippen LogP contribution in [0.4, 0.5) is 4.39 Å². The van der Waals surface area contributed by atoms with Crippen molar-refractivity contribution in [2.24, 2.45) is 0 Å². The highest BCUT2D eigenvalue weighted by atomic mass is 19.1. The van der Waals surface area contributed by atoms with Crippen LogP contribution in [0.25, 0.3) is 0 Å². The Hall–Kier alpha value is -1.46. The lowest BCUT2D eigenvalue weighted by Crippen LogP contribution is -2.12. The third kappa shape index (κ3) is 1.58. The van der Waals surface area contributed by atoms with Crippen LogP contribution in [0.2, 0.25) is 0 Å². The summed E-state index contributed by atoms with van der Waals surface area (Å²) in [5.41, 5.74) is 0.162. The third-order valence-electron chi connectivity index (χ3n) is 1.31. The smallest absolute Gasteiger partial charge is 0.358 e. The lowest BCUT2D eigenvalue weighted by molar-refractivity contribution is 0.0586. The molecule has 0 spiro atoms. The molecule has 0 aromatic carbocycles. The average Bonchev–Trinajstić information content (AvgIpc) is 2.52. The van der Waals surface area contributed by atoms with Gasteiger partial charge in [-0.05, 0) is 0 Å². The molecule has 6 heteroatoms. The van der Waals surface area contributed by atoms with Crippen molar-refractivity contribution in [1.29, 1.82) is 0 Å². The standard InChI is InChI=1S/C6H8FN3O2/c1-12-6(11)5-4-8-9-10(5)3-2-7/h4H,2-3H2,1H3. The van der Waals surface area contributed by atoms with Crippen molar-refractivity contribution < 1.29 is 13.9 Å². The van der Waals surface area contributed by atoms with Gasteiger partial charge in [0.2, 0.25) is 0 Å². The first-order valence-corrected chi connectivity index (χ1v) is 3.32. The van der Waals surface area contributed by atoms with Crippen molar-refractivity contribution in [1.82, 2.24) is 15.0 Å². The van der Waals surface area contributed by atoms with E-state index < -0.39 is 12.6 Å². The van der Waals surface area contributed by atoms with Gasteiger partial charge in [-0.15, -0.1) is 5.10 Å². The normalized spacial score (nSPS) is 9.83. The van der Waals surface area contributed by atoms with Gasteiger partial charge < -0.3 is 4.74 Å². The number of ether oxygens (including phenoxy) is 1. The molecule has 1 aromatic rings. The number of alkyl halides is 1. The fourth-order valence-corrected chi connectivity index (χ4v) is 0.766. The zero-order chi connectivity index (χ0) is 8.97. The minimum atomic E-state index is -0.590. The molecular weight excluding hydrogens is 165 g/mol. The molecule has 0 N–H and O–H groups in total. The van der Waals surface area contributed by atoms with Gasteiger partial charge in [-0.1, -0.05) is 5.21 Å². The molecule has 1 rings (SSSR count). The Bertz CT molecular complexity index is 274. The molecule has 0 radical (unpaired) electrons. The van der Waals surface area contributed by atoms with Crippen LogP contribution < -0.4 is 0 Å². The van der Waals surface area contributed by atoms with Crippen LogP contribution in [0, 0.1) is 0 Å². The predicted molar refractivity (Wildman–Crippen MR) is 37.3 cm³/mol. The highest BCUT2D eigenvalue weighted by Gasteiger charge is 2.12. The highest BCUT2D eigenvalue weighted by Crippen LogP contribution is 1.98. The fourth-order valence-electron chi connectivity index (χ4n) is 0.766. The Morgan fingerprint density at radius 3 is 3.17 bits per heavy atom. The van der Waals surface area contributed by atoms with E-state index >= 15 is 0 Å². The minimum Gasteiger partial charge on any atom is -0.464 e. The van der Waals surface area contributed by atoms with E-state index in [2.05, 4.69) is 15.0 Å². The number of halogens is 1. The molecule has 0 bridgehead atoms. The number of hydrogen-bond donors (Lipinski definition) is 0. The van der Waals surface area contributed by atoms with Gasteiger partial charge in [-0.2, -0.15) is 0 Å². The third-order valence-corrected chi connectivity index (χ3v) is 1.31. The molecule has 5 nitrogen and oxygen atoms in total. The molecule has 12 heavy (non-hydrogen) atoms. The topological polar surface area (TPSA) is 57.0 Å². The molecule has 66 valence electrons. The maximum atomic E-state index is 11.9. The molecule has 0 saturated heterocycles. The first-order valence-electron chi connectivity index (χ1n) is 3.32. The minimum absolute atomic E-state index is 0.0183. The average molecular weight is 173 g/mol. The highest BCUT2D eigenvalue weighted by molar-refractivity contribution is 5.86. The first kappa shape index (κ1) is 8.63. The molecule has 0 unspecified atom stereocenters. The van der Waals surface area contributed by atoms with E-state index in [9.17, 15) is 9.18 Å². The summed E-state index contributed by atoms with van der Waals surface area (Å²) in [4.78, 5) is 10.9. The van der Waals surface area contributed by atoms with E-state index in [0.29, 0.717) is 0 Å². The molecule has 0 saturated carbocycles. The number of rotatable bonds is 3. The number of carbonyl (C=O) groups excluding carboxylic acids is 1. The maximum absolute atomic E-state index is 11.9. The van der Waals surface area contributed by atoms with Crippen LogP contribution in [-0.2, 0) is 11.3 Å². The number of hydrogen-bond acceptors (Lipinski definition) is 4. The Morgan fingerprint density at radius 2 is 2.58 bits per heavy atom. The van der Waals surface area contributed by atoms with E-state index in [4.69, 9.17) is 0 Å². The van der Waals surface area contributed by atoms with E-state index in [0.717, 1.165) is 4.68 Å². The summed E-state index contributed by atoms with van der Waals surface area (Å²) in [5.74, 6) is -0.562. The van der Waals surface area contributed by atoms with Crippen LogP contribution in [0.5, 0.6) is 0 Å². The quantitative estimate of drug-likeness (QED) is 0.605. The monoisotopic (exact) mass is 173 g/mol. The summed E-state index contributed by atoms with van der Waals surface area (Å²) >= 11 is 0. The van der Waals surface area contributed by atoms with Crippen molar-refractivity contribution in [3.05, 3.63) is 11.9 Å². The van der Waals surface area contributed by atoms with Gasteiger partial charge in [0.1, 0.15) is 6.67 Å². The van der Waals surface area contributed by atoms with Crippen LogP contribution in [0.1, 0.15) is 10.5 Å². The van der Waals surface area contributed by atoms with E-state index in [1.807, 2.05) is 0 Å². The number of aromatic nitrogens is 3. The Balaban J connectivity index is 2.83.